The number of sulfonamides is 1. The summed E-state index contributed by atoms with van der Waals surface area (Å²) in [5, 5.41) is 9.08. The number of benzene rings is 1. The van der Waals surface area contributed by atoms with Gasteiger partial charge >= 0.3 is 0 Å². The van der Waals surface area contributed by atoms with Crippen molar-refractivity contribution < 1.29 is 22.7 Å². The van der Waals surface area contributed by atoms with Gasteiger partial charge in [-0.1, -0.05) is 0 Å². The predicted octanol–water partition coefficient (Wildman–Crippen LogP) is 2.50. The molecule has 2 N–H and O–H groups in total. The minimum Gasteiger partial charge on any atom is -0.494 e. The van der Waals surface area contributed by atoms with Gasteiger partial charge in [-0.15, -0.1) is 11.3 Å². The Hall–Kier alpha value is -1.64. The molecule has 0 aliphatic heterocycles. The van der Waals surface area contributed by atoms with Gasteiger partial charge in [-0.3, -0.25) is 4.72 Å². The molecule has 0 radical (unpaired) electrons. The highest BCUT2D eigenvalue weighted by Gasteiger charge is 2.21. The van der Waals surface area contributed by atoms with Crippen LogP contribution < -0.4 is 9.46 Å². The second-order valence-electron chi connectivity index (χ2n) is 4.24. The Kier molecular flexibility index (Phi) is 4.50. The van der Waals surface area contributed by atoms with Crippen molar-refractivity contribution in [2.45, 2.75) is 18.4 Å². The Balaban J connectivity index is 2.39. The lowest BCUT2D eigenvalue weighted by atomic mass is 10.3. The number of hydrogen-bond donors (Lipinski definition) is 2. The van der Waals surface area contributed by atoms with Crippen LogP contribution in [-0.4, -0.2) is 20.6 Å². The summed E-state index contributed by atoms with van der Waals surface area (Å²) in [5.74, 6) is -0.432. The van der Waals surface area contributed by atoms with Crippen LogP contribution in [0.1, 0.15) is 9.75 Å². The SMILES string of the molecule is COc1cc(F)ccc1NS(=O)(=O)c1cc(CO)sc1C. The number of anilines is 1. The van der Waals surface area contributed by atoms with Gasteiger partial charge in [0.2, 0.25) is 0 Å². The lowest BCUT2D eigenvalue weighted by molar-refractivity contribution is 0.285. The average molecular weight is 331 g/mol. The number of halogens is 1. The van der Waals surface area contributed by atoms with Crippen LogP contribution in [0.3, 0.4) is 0 Å². The summed E-state index contributed by atoms with van der Waals surface area (Å²) >= 11 is 1.20. The van der Waals surface area contributed by atoms with Crippen molar-refractivity contribution in [1.82, 2.24) is 0 Å². The standard InChI is InChI=1S/C13H14FNO4S2/c1-8-13(6-10(7-16)20-8)21(17,18)15-11-4-3-9(14)5-12(11)19-2/h3-6,15-16H,7H2,1-2H3. The quantitative estimate of drug-likeness (QED) is 0.883. The van der Waals surface area contributed by atoms with Crippen LogP contribution >= 0.6 is 11.3 Å². The molecule has 0 aliphatic carbocycles. The van der Waals surface area contributed by atoms with Crippen LogP contribution in [0.2, 0.25) is 0 Å². The maximum atomic E-state index is 13.1. The summed E-state index contributed by atoms with van der Waals surface area (Å²) in [6, 6.07) is 4.94. The number of nitrogens with one attached hydrogen (secondary N) is 1. The number of aliphatic hydroxyl groups excluding tert-OH is 1. The van der Waals surface area contributed by atoms with Gasteiger partial charge in [0.15, 0.2) is 0 Å². The maximum absolute atomic E-state index is 13.1. The zero-order valence-corrected chi connectivity index (χ0v) is 13.0. The molecule has 0 fully saturated rings. The topological polar surface area (TPSA) is 75.6 Å². The van der Waals surface area contributed by atoms with Gasteiger partial charge in [-0.25, -0.2) is 12.8 Å². The molecule has 2 rings (SSSR count). The molecule has 0 spiro atoms. The molecule has 1 aromatic carbocycles. The van der Waals surface area contributed by atoms with Gasteiger partial charge in [0.05, 0.1) is 19.4 Å². The Morgan fingerprint density at radius 2 is 2.10 bits per heavy atom. The summed E-state index contributed by atoms with van der Waals surface area (Å²) in [7, 11) is -2.51. The molecular formula is C13H14FNO4S2. The second-order valence-corrected chi connectivity index (χ2v) is 7.23. The van der Waals surface area contributed by atoms with E-state index in [9.17, 15) is 12.8 Å². The lowest BCUT2D eigenvalue weighted by Gasteiger charge is -2.11. The number of aryl methyl sites for hydroxylation is 1. The van der Waals surface area contributed by atoms with Gasteiger partial charge in [-0.2, -0.15) is 0 Å². The first kappa shape index (κ1) is 15.7. The summed E-state index contributed by atoms with van der Waals surface area (Å²) in [6.07, 6.45) is 0. The minimum atomic E-state index is -3.83. The molecule has 0 unspecified atom stereocenters. The van der Waals surface area contributed by atoms with E-state index in [1.807, 2.05) is 0 Å². The Bertz CT molecular complexity index is 756. The van der Waals surface area contributed by atoms with Crippen molar-refractivity contribution in [2.24, 2.45) is 0 Å². The van der Waals surface area contributed by atoms with E-state index in [1.54, 1.807) is 6.92 Å². The highest BCUT2D eigenvalue weighted by atomic mass is 32.2. The van der Waals surface area contributed by atoms with E-state index >= 15 is 0 Å². The monoisotopic (exact) mass is 331 g/mol. The smallest absolute Gasteiger partial charge is 0.263 e. The number of methoxy groups -OCH3 is 1. The first-order valence-corrected chi connectivity index (χ1v) is 8.24. The Morgan fingerprint density at radius 3 is 2.67 bits per heavy atom. The minimum absolute atomic E-state index is 0.0860. The molecule has 0 bridgehead atoms. The van der Waals surface area contributed by atoms with Crippen molar-refractivity contribution >= 4 is 27.0 Å². The molecule has 0 saturated carbocycles. The first-order chi connectivity index (χ1) is 9.87. The zero-order valence-electron chi connectivity index (χ0n) is 11.4. The lowest BCUT2D eigenvalue weighted by Crippen LogP contribution is -2.14. The average Bonchev–Trinajstić information content (AvgIpc) is 2.82. The molecule has 5 nitrogen and oxygen atoms in total. The van der Waals surface area contributed by atoms with E-state index in [1.165, 1.54) is 30.6 Å². The summed E-state index contributed by atoms with van der Waals surface area (Å²) in [4.78, 5) is 1.20. The van der Waals surface area contributed by atoms with Crippen molar-refractivity contribution in [1.29, 1.82) is 0 Å². The van der Waals surface area contributed by atoms with Crippen LogP contribution in [0, 0.1) is 12.7 Å². The van der Waals surface area contributed by atoms with E-state index in [4.69, 9.17) is 9.84 Å². The molecule has 1 aromatic heterocycles. The number of aliphatic hydroxyl groups is 1. The van der Waals surface area contributed by atoms with Crippen LogP contribution in [0.15, 0.2) is 29.2 Å². The number of thiophene rings is 1. The van der Waals surface area contributed by atoms with Crippen LogP contribution in [0.25, 0.3) is 0 Å². The van der Waals surface area contributed by atoms with Gasteiger partial charge < -0.3 is 9.84 Å². The van der Waals surface area contributed by atoms with Gasteiger partial charge in [0, 0.05) is 15.8 Å². The van der Waals surface area contributed by atoms with E-state index in [0.29, 0.717) is 9.75 Å². The van der Waals surface area contributed by atoms with Gasteiger partial charge in [-0.05, 0) is 25.1 Å². The third-order valence-electron chi connectivity index (χ3n) is 2.78. The highest BCUT2D eigenvalue weighted by Crippen LogP contribution is 2.31. The van der Waals surface area contributed by atoms with Crippen LogP contribution in [0.4, 0.5) is 10.1 Å². The molecule has 0 atom stereocenters. The third-order valence-corrected chi connectivity index (χ3v) is 5.43. The molecular weight excluding hydrogens is 317 g/mol. The Morgan fingerprint density at radius 1 is 1.38 bits per heavy atom. The fraction of sp³-hybridized carbons (Fsp3) is 0.231. The second kappa shape index (κ2) is 6.00. The predicted molar refractivity (Wildman–Crippen MR) is 78.7 cm³/mol. The molecule has 0 saturated heterocycles. The molecule has 2 aromatic rings. The maximum Gasteiger partial charge on any atom is 0.263 e. The molecule has 0 amide bonds. The number of rotatable bonds is 5. The normalized spacial score (nSPS) is 11.4. The molecule has 0 aliphatic rings. The summed E-state index contributed by atoms with van der Waals surface area (Å²) in [5.41, 5.74) is 0.148. The van der Waals surface area contributed by atoms with Crippen LogP contribution in [0.5, 0.6) is 5.75 Å². The molecule has 114 valence electrons. The van der Waals surface area contributed by atoms with E-state index in [2.05, 4.69) is 4.72 Å². The van der Waals surface area contributed by atoms with Crippen molar-refractivity contribution in [3.8, 4) is 5.75 Å². The molecule has 1 heterocycles. The number of hydrogen-bond acceptors (Lipinski definition) is 5. The van der Waals surface area contributed by atoms with E-state index < -0.39 is 15.8 Å². The van der Waals surface area contributed by atoms with Crippen molar-refractivity contribution in [3.05, 3.63) is 39.8 Å². The van der Waals surface area contributed by atoms with Crippen LogP contribution in [-0.2, 0) is 16.6 Å². The number of ether oxygens (including phenoxy) is 1. The van der Waals surface area contributed by atoms with E-state index in [-0.39, 0.29) is 22.9 Å². The Labute approximate surface area is 126 Å². The summed E-state index contributed by atoms with van der Waals surface area (Å²) in [6.45, 7) is 1.43. The fourth-order valence-electron chi connectivity index (χ4n) is 1.82. The first-order valence-electron chi connectivity index (χ1n) is 5.94. The highest BCUT2D eigenvalue weighted by molar-refractivity contribution is 7.93. The molecule has 21 heavy (non-hydrogen) atoms. The van der Waals surface area contributed by atoms with Crippen molar-refractivity contribution in [3.63, 3.8) is 0 Å². The third kappa shape index (κ3) is 3.34. The van der Waals surface area contributed by atoms with Crippen molar-refractivity contribution in [2.75, 3.05) is 11.8 Å². The summed E-state index contributed by atoms with van der Waals surface area (Å²) < 4.78 is 45.2. The largest absolute Gasteiger partial charge is 0.494 e. The van der Waals surface area contributed by atoms with Gasteiger partial charge in [0.25, 0.3) is 10.0 Å². The van der Waals surface area contributed by atoms with E-state index in [0.717, 1.165) is 12.1 Å². The fourth-order valence-corrected chi connectivity index (χ4v) is 4.38. The molecule has 8 heteroatoms. The zero-order chi connectivity index (χ0) is 15.6. The van der Waals surface area contributed by atoms with Gasteiger partial charge in [0.1, 0.15) is 16.5 Å².